The summed E-state index contributed by atoms with van der Waals surface area (Å²) in [6, 6.07) is 14.4. The summed E-state index contributed by atoms with van der Waals surface area (Å²) in [4.78, 5) is 4.35. The van der Waals surface area contributed by atoms with Crippen molar-refractivity contribution in [1.29, 1.82) is 0 Å². The van der Waals surface area contributed by atoms with Crippen LogP contribution in [0.4, 0.5) is 0 Å². The molecule has 5 nitrogen and oxygen atoms in total. The highest BCUT2D eigenvalue weighted by atomic mass is 16.4. The van der Waals surface area contributed by atoms with Crippen LogP contribution in [0.3, 0.4) is 0 Å². The first-order valence-electron chi connectivity index (χ1n) is 8.32. The fourth-order valence-corrected chi connectivity index (χ4v) is 2.77. The zero-order valence-corrected chi connectivity index (χ0v) is 14.0. The van der Waals surface area contributed by atoms with E-state index >= 15 is 0 Å². The molecule has 0 radical (unpaired) electrons. The van der Waals surface area contributed by atoms with Crippen LogP contribution in [0.1, 0.15) is 35.5 Å². The van der Waals surface area contributed by atoms with Gasteiger partial charge < -0.3 is 8.82 Å². The Morgan fingerprint density at radius 3 is 2.88 bits per heavy atom. The van der Waals surface area contributed by atoms with Gasteiger partial charge in [-0.3, -0.25) is 0 Å². The fraction of sp³-hybridized carbons (Fsp3) is 0.150. The molecule has 4 aromatic rings. The fourth-order valence-electron chi connectivity index (χ4n) is 2.77. The van der Waals surface area contributed by atoms with E-state index in [0.29, 0.717) is 18.2 Å². The minimum absolute atomic E-state index is 0.493. The molecule has 0 aliphatic heterocycles. The van der Waals surface area contributed by atoms with Crippen molar-refractivity contribution in [2.75, 3.05) is 0 Å². The summed E-state index contributed by atoms with van der Waals surface area (Å²) in [7, 11) is 0. The highest BCUT2D eigenvalue weighted by Gasteiger charge is 2.06. The Labute approximate surface area is 145 Å². The van der Waals surface area contributed by atoms with Crippen LogP contribution < -0.4 is 0 Å². The predicted octanol–water partition coefficient (Wildman–Crippen LogP) is 4.04. The number of rotatable bonds is 5. The Hall–Kier alpha value is -3.21. The third kappa shape index (κ3) is 3.35. The van der Waals surface area contributed by atoms with E-state index in [1.54, 1.807) is 0 Å². The molecule has 3 heterocycles. The SMILES string of the molecule is CCc1cccc(Cc2nnc(/C=C/c3cnc4ccccn34)o2)c1. The Bertz CT molecular complexity index is 1030. The number of nitrogens with zero attached hydrogens (tertiary/aromatic N) is 4. The number of hydrogen-bond acceptors (Lipinski definition) is 4. The average molecular weight is 330 g/mol. The molecular weight excluding hydrogens is 312 g/mol. The van der Waals surface area contributed by atoms with Gasteiger partial charge in [-0.1, -0.05) is 37.3 Å². The molecule has 0 N–H and O–H groups in total. The number of fused-ring (bicyclic) bond motifs is 1. The van der Waals surface area contributed by atoms with Gasteiger partial charge in [0, 0.05) is 12.3 Å². The smallest absolute Gasteiger partial charge is 0.240 e. The molecule has 5 heteroatoms. The number of aryl methyl sites for hydroxylation is 1. The second kappa shape index (κ2) is 6.73. The molecular formula is C20H18N4O. The lowest BCUT2D eigenvalue weighted by molar-refractivity contribution is 0.496. The number of aromatic nitrogens is 4. The molecule has 0 unspecified atom stereocenters. The van der Waals surface area contributed by atoms with Gasteiger partial charge in [-0.15, -0.1) is 10.2 Å². The van der Waals surface area contributed by atoms with Crippen LogP contribution in [0, 0.1) is 0 Å². The van der Waals surface area contributed by atoms with E-state index in [9.17, 15) is 0 Å². The molecule has 3 aromatic heterocycles. The largest absolute Gasteiger partial charge is 0.421 e. The molecule has 4 rings (SSSR count). The standard InChI is InChI=1S/C20H18N4O/c1-2-15-6-5-7-16(12-15)13-20-23-22-19(25-20)10-9-17-14-21-18-8-3-4-11-24(17)18/h3-12,14H,2,13H2,1H3/b10-9+. The molecule has 0 fully saturated rings. The molecule has 1 aromatic carbocycles. The van der Waals surface area contributed by atoms with Crippen molar-refractivity contribution >= 4 is 17.8 Å². The summed E-state index contributed by atoms with van der Waals surface area (Å²) < 4.78 is 7.74. The lowest BCUT2D eigenvalue weighted by Crippen LogP contribution is -1.90. The van der Waals surface area contributed by atoms with Gasteiger partial charge in [0.1, 0.15) is 5.65 Å². The summed E-state index contributed by atoms with van der Waals surface area (Å²) >= 11 is 0. The van der Waals surface area contributed by atoms with E-state index in [1.165, 1.54) is 11.1 Å². The lowest BCUT2D eigenvalue weighted by Gasteiger charge is -2.00. The van der Waals surface area contributed by atoms with Gasteiger partial charge in [0.05, 0.1) is 18.3 Å². The average Bonchev–Trinajstić information content (AvgIpc) is 3.27. The van der Waals surface area contributed by atoms with Crippen molar-refractivity contribution in [2.24, 2.45) is 0 Å². The number of hydrogen-bond donors (Lipinski definition) is 0. The third-order valence-electron chi connectivity index (χ3n) is 4.08. The van der Waals surface area contributed by atoms with E-state index in [4.69, 9.17) is 4.42 Å². The monoisotopic (exact) mass is 330 g/mol. The topological polar surface area (TPSA) is 56.2 Å². The Morgan fingerprint density at radius 1 is 1.04 bits per heavy atom. The van der Waals surface area contributed by atoms with E-state index < -0.39 is 0 Å². The van der Waals surface area contributed by atoms with Crippen molar-refractivity contribution in [2.45, 2.75) is 19.8 Å². The third-order valence-corrected chi connectivity index (χ3v) is 4.08. The van der Waals surface area contributed by atoms with Crippen LogP contribution in [-0.4, -0.2) is 19.6 Å². The Morgan fingerprint density at radius 2 is 1.96 bits per heavy atom. The minimum atomic E-state index is 0.493. The molecule has 0 atom stereocenters. The molecule has 25 heavy (non-hydrogen) atoms. The predicted molar refractivity (Wildman–Crippen MR) is 97.0 cm³/mol. The van der Waals surface area contributed by atoms with Gasteiger partial charge in [0.15, 0.2) is 0 Å². The van der Waals surface area contributed by atoms with Crippen LogP contribution in [0.25, 0.3) is 17.8 Å². The lowest BCUT2D eigenvalue weighted by atomic mass is 10.1. The molecule has 0 aliphatic carbocycles. The number of imidazole rings is 1. The van der Waals surface area contributed by atoms with Crippen molar-refractivity contribution in [3.8, 4) is 0 Å². The maximum absolute atomic E-state index is 5.73. The van der Waals surface area contributed by atoms with Gasteiger partial charge in [0.2, 0.25) is 11.8 Å². The van der Waals surface area contributed by atoms with Crippen molar-refractivity contribution in [3.05, 3.63) is 83.5 Å². The van der Waals surface area contributed by atoms with E-state index in [1.807, 2.05) is 47.1 Å². The maximum Gasteiger partial charge on any atom is 0.240 e. The molecule has 0 saturated carbocycles. The molecule has 0 spiro atoms. The van der Waals surface area contributed by atoms with Crippen molar-refractivity contribution in [1.82, 2.24) is 19.6 Å². The van der Waals surface area contributed by atoms with Gasteiger partial charge in [-0.2, -0.15) is 0 Å². The highest BCUT2D eigenvalue weighted by molar-refractivity contribution is 5.65. The number of pyridine rings is 1. The summed E-state index contributed by atoms with van der Waals surface area (Å²) in [5.41, 5.74) is 4.36. The Balaban J connectivity index is 1.51. The molecule has 124 valence electrons. The summed E-state index contributed by atoms with van der Waals surface area (Å²) in [5.74, 6) is 1.11. The van der Waals surface area contributed by atoms with E-state index in [-0.39, 0.29) is 0 Å². The van der Waals surface area contributed by atoms with Crippen molar-refractivity contribution < 1.29 is 4.42 Å². The highest BCUT2D eigenvalue weighted by Crippen LogP contribution is 2.14. The first-order valence-corrected chi connectivity index (χ1v) is 8.32. The van der Waals surface area contributed by atoms with Crippen LogP contribution in [-0.2, 0) is 12.8 Å². The molecule has 0 aliphatic rings. The molecule has 0 saturated heterocycles. The van der Waals surface area contributed by atoms with Crippen LogP contribution in [0.2, 0.25) is 0 Å². The van der Waals surface area contributed by atoms with Gasteiger partial charge in [0.25, 0.3) is 0 Å². The normalized spacial score (nSPS) is 11.6. The van der Waals surface area contributed by atoms with Crippen LogP contribution >= 0.6 is 0 Å². The summed E-state index contributed by atoms with van der Waals surface area (Å²) in [5, 5.41) is 8.24. The van der Waals surface area contributed by atoms with E-state index in [0.717, 1.165) is 17.8 Å². The number of benzene rings is 1. The second-order valence-corrected chi connectivity index (χ2v) is 5.83. The summed E-state index contributed by atoms with van der Waals surface area (Å²) in [6.07, 6.45) is 9.20. The van der Waals surface area contributed by atoms with E-state index in [2.05, 4.69) is 46.4 Å². The van der Waals surface area contributed by atoms with Gasteiger partial charge in [-0.05, 0) is 35.8 Å². The molecule has 0 amide bonds. The quantitative estimate of drug-likeness (QED) is 0.554. The second-order valence-electron chi connectivity index (χ2n) is 5.83. The first kappa shape index (κ1) is 15.3. The van der Waals surface area contributed by atoms with Gasteiger partial charge >= 0.3 is 0 Å². The molecule has 0 bridgehead atoms. The van der Waals surface area contributed by atoms with Crippen molar-refractivity contribution in [3.63, 3.8) is 0 Å². The zero-order chi connectivity index (χ0) is 17.1. The van der Waals surface area contributed by atoms with Crippen LogP contribution in [0.15, 0.2) is 59.3 Å². The zero-order valence-electron chi connectivity index (χ0n) is 14.0. The van der Waals surface area contributed by atoms with Gasteiger partial charge in [-0.25, -0.2) is 4.98 Å². The minimum Gasteiger partial charge on any atom is -0.421 e. The summed E-state index contributed by atoms with van der Waals surface area (Å²) in [6.45, 7) is 2.15. The Kier molecular flexibility index (Phi) is 4.12. The first-order chi connectivity index (χ1) is 12.3. The van der Waals surface area contributed by atoms with Crippen LogP contribution in [0.5, 0.6) is 0 Å². The maximum atomic E-state index is 5.73.